The van der Waals surface area contributed by atoms with Crippen LogP contribution in [0.3, 0.4) is 0 Å². The number of rotatable bonds is 5. The van der Waals surface area contributed by atoms with E-state index in [1.54, 1.807) is 5.57 Å². The summed E-state index contributed by atoms with van der Waals surface area (Å²) in [5, 5.41) is 10.2. The molecule has 0 aromatic heterocycles. The van der Waals surface area contributed by atoms with Crippen molar-refractivity contribution in [1.82, 2.24) is 0 Å². The number of hydrogen-bond donors (Lipinski definition) is 1. The summed E-state index contributed by atoms with van der Waals surface area (Å²) in [6.45, 7) is 12.6. The molecule has 0 unspecified atom stereocenters. The molecule has 28 heavy (non-hydrogen) atoms. The van der Waals surface area contributed by atoms with Gasteiger partial charge in [-0.3, -0.25) is 0 Å². The zero-order valence-electron chi connectivity index (χ0n) is 19.3. The minimum Gasteiger partial charge on any atom is -0.393 e. The molecule has 0 saturated heterocycles. The van der Waals surface area contributed by atoms with Gasteiger partial charge in [0.2, 0.25) is 0 Å². The van der Waals surface area contributed by atoms with Crippen molar-refractivity contribution in [3.63, 3.8) is 0 Å². The van der Waals surface area contributed by atoms with Crippen LogP contribution in [0.5, 0.6) is 0 Å². The van der Waals surface area contributed by atoms with Gasteiger partial charge in [0.15, 0.2) is 0 Å². The van der Waals surface area contributed by atoms with Crippen LogP contribution in [0, 0.1) is 46.3 Å². The third kappa shape index (κ3) is 3.42. The molecule has 4 aliphatic rings. The van der Waals surface area contributed by atoms with Gasteiger partial charge in [-0.25, -0.2) is 0 Å². The van der Waals surface area contributed by atoms with Crippen LogP contribution < -0.4 is 0 Å². The Morgan fingerprint density at radius 1 is 1.00 bits per heavy atom. The van der Waals surface area contributed by atoms with Crippen LogP contribution in [0.1, 0.15) is 105 Å². The van der Waals surface area contributed by atoms with E-state index in [-0.39, 0.29) is 6.10 Å². The molecular weight excluding hydrogens is 340 g/mol. The van der Waals surface area contributed by atoms with E-state index in [4.69, 9.17) is 0 Å². The predicted molar refractivity (Wildman–Crippen MR) is 119 cm³/mol. The van der Waals surface area contributed by atoms with E-state index in [0.29, 0.717) is 10.8 Å². The summed E-state index contributed by atoms with van der Waals surface area (Å²) in [6, 6.07) is 0. The number of hydrogen-bond acceptors (Lipinski definition) is 1. The number of aliphatic hydroxyl groups is 1. The summed E-state index contributed by atoms with van der Waals surface area (Å²) in [4.78, 5) is 0. The Morgan fingerprint density at radius 3 is 2.54 bits per heavy atom. The normalized spacial score (nSPS) is 46.5. The first-order chi connectivity index (χ1) is 13.3. The Kier molecular flexibility index (Phi) is 5.80. The maximum atomic E-state index is 10.2. The molecule has 0 amide bonds. The summed E-state index contributed by atoms with van der Waals surface area (Å²) >= 11 is 0. The summed E-state index contributed by atoms with van der Waals surface area (Å²) in [5.74, 6) is 5.46. The molecule has 8 atom stereocenters. The van der Waals surface area contributed by atoms with Crippen LogP contribution in [0.25, 0.3) is 0 Å². The Labute approximate surface area is 174 Å². The molecule has 0 bridgehead atoms. The van der Waals surface area contributed by atoms with E-state index < -0.39 is 0 Å². The van der Waals surface area contributed by atoms with E-state index in [1.165, 1.54) is 57.8 Å². The van der Waals surface area contributed by atoms with Crippen LogP contribution in [0.2, 0.25) is 0 Å². The lowest BCUT2D eigenvalue weighted by Crippen LogP contribution is -2.50. The largest absolute Gasteiger partial charge is 0.393 e. The Hall–Kier alpha value is -0.300. The number of fused-ring (bicyclic) bond motifs is 5. The van der Waals surface area contributed by atoms with E-state index >= 15 is 0 Å². The lowest BCUT2D eigenvalue weighted by molar-refractivity contribution is -0.0573. The van der Waals surface area contributed by atoms with Crippen molar-refractivity contribution in [1.29, 1.82) is 0 Å². The van der Waals surface area contributed by atoms with Crippen molar-refractivity contribution >= 4 is 0 Å². The van der Waals surface area contributed by atoms with Gasteiger partial charge in [0, 0.05) is 0 Å². The second-order valence-electron chi connectivity index (χ2n) is 12.2. The van der Waals surface area contributed by atoms with Gasteiger partial charge in [0.25, 0.3) is 0 Å². The van der Waals surface area contributed by atoms with Crippen molar-refractivity contribution in [2.75, 3.05) is 0 Å². The molecule has 0 radical (unpaired) electrons. The standard InChI is InChI=1S/C27H46O/c1-18(2)7-6-8-19(3)23-11-12-24-22-10-9-20-17-21(28)13-15-26(20,4)25(22)14-16-27(23,24)5/h9,18-19,21-25,28H,6-8,10-17H2,1-5H3/t19-,21-,22-,23+,24-,25-,26-,27+/m0/s1. The first-order valence-electron chi connectivity index (χ1n) is 12.6. The summed E-state index contributed by atoms with van der Waals surface area (Å²) in [6.07, 6.45) is 17.2. The second-order valence-corrected chi connectivity index (χ2v) is 12.2. The third-order valence-corrected chi connectivity index (χ3v) is 10.3. The zero-order chi connectivity index (χ0) is 20.1. The van der Waals surface area contributed by atoms with E-state index in [0.717, 1.165) is 48.3 Å². The number of aliphatic hydroxyl groups excluding tert-OH is 1. The maximum Gasteiger partial charge on any atom is 0.0577 e. The Morgan fingerprint density at radius 2 is 1.79 bits per heavy atom. The van der Waals surface area contributed by atoms with Crippen LogP contribution in [-0.2, 0) is 0 Å². The minimum absolute atomic E-state index is 0.0766. The molecule has 0 heterocycles. The van der Waals surface area contributed by atoms with Gasteiger partial charge in [-0.1, -0.05) is 65.5 Å². The van der Waals surface area contributed by atoms with Gasteiger partial charge in [0.1, 0.15) is 0 Å². The quantitative estimate of drug-likeness (QED) is 0.488. The Balaban J connectivity index is 1.49. The molecule has 0 aromatic carbocycles. The summed E-state index contributed by atoms with van der Waals surface area (Å²) in [7, 11) is 0. The molecule has 4 rings (SSSR count). The van der Waals surface area contributed by atoms with Crippen LogP contribution in [-0.4, -0.2) is 11.2 Å². The fraction of sp³-hybridized carbons (Fsp3) is 0.926. The van der Waals surface area contributed by atoms with Crippen LogP contribution in [0.15, 0.2) is 11.6 Å². The van der Waals surface area contributed by atoms with Gasteiger partial charge >= 0.3 is 0 Å². The van der Waals surface area contributed by atoms with E-state index in [2.05, 4.69) is 40.7 Å². The lowest BCUT2D eigenvalue weighted by atomic mass is 9.47. The van der Waals surface area contributed by atoms with Crippen molar-refractivity contribution in [3.8, 4) is 0 Å². The maximum absolute atomic E-state index is 10.2. The molecule has 3 saturated carbocycles. The highest BCUT2D eigenvalue weighted by Gasteiger charge is 2.59. The van der Waals surface area contributed by atoms with E-state index in [1.807, 2.05) is 0 Å². The zero-order valence-corrected chi connectivity index (χ0v) is 19.3. The molecule has 0 spiro atoms. The molecule has 3 fully saturated rings. The average molecular weight is 387 g/mol. The van der Waals surface area contributed by atoms with E-state index in [9.17, 15) is 5.11 Å². The van der Waals surface area contributed by atoms with Crippen molar-refractivity contribution < 1.29 is 5.11 Å². The monoisotopic (exact) mass is 386 g/mol. The molecule has 1 N–H and O–H groups in total. The van der Waals surface area contributed by atoms with Crippen LogP contribution >= 0.6 is 0 Å². The lowest BCUT2D eigenvalue weighted by Gasteiger charge is -2.58. The van der Waals surface area contributed by atoms with Crippen molar-refractivity contribution in [3.05, 3.63) is 11.6 Å². The van der Waals surface area contributed by atoms with Gasteiger partial charge < -0.3 is 5.11 Å². The van der Waals surface area contributed by atoms with Crippen molar-refractivity contribution in [2.45, 2.75) is 111 Å². The molecule has 0 aromatic rings. The van der Waals surface area contributed by atoms with Gasteiger partial charge in [0.05, 0.1) is 6.10 Å². The molecular formula is C27H46O. The fourth-order valence-electron chi connectivity index (χ4n) is 8.67. The first-order valence-corrected chi connectivity index (χ1v) is 12.6. The van der Waals surface area contributed by atoms with Gasteiger partial charge in [-0.05, 0) is 97.7 Å². The minimum atomic E-state index is -0.0766. The average Bonchev–Trinajstić information content (AvgIpc) is 2.99. The first kappa shape index (κ1) is 21.0. The summed E-state index contributed by atoms with van der Waals surface area (Å²) in [5.41, 5.74) is 2.60. The topological polar surface area (TPSA) is 20.2 Å². The van der Waals surface area contributed by atoms with Crippen LogP contribution in [0.4, 0.5) is 0 Å². The van der Waals surface area contributed by atoms with Gasteiger partial charge in [-0.2, -0.15) is 0 Å². The predicted octanol–water partition coefficient (Wildman–Crippen LogP) is 7.39. The highest BCUT2D eigenvalue weighted by atomic mass is 16.3. The second kappa shape index (κ2) is 7.75. The Bertz CT molecular complexity index is 591. The number of allylic oxidation sites excluding steroid dienone is 1. The fourth-order valence-corrected chi connectivity index (χ4v) is 8.67. The highest BCUT2D eigenvalue weighted by molar-refractivity contribution is 5.25. The molecule has 0 aliphatic heterocycles. The van der Waals surface area contributed by atoms with Gasteiger partial charge in [-0.15, -0.1) is 0 Å². The van der Waals surface area contributed by atoms with Crippen molar-refractivity contribution in [2.24, 2.45) is 46.3 Å². The molecule has 1 heteroatoms. The molecule has 160 valence electrons. The highest BCUT2D eigenvalue weighted by Crippen LogP contribution is 2.67. The SMILES string of the molecule is CC(C)CCC[C@H](C)[C@H]1CC[C@H]2[C@@H]3CC=C4C[C@@H](O)CC[C@]4(C)[C@H]3CC[C@]12C. The summed E-state index contributed by atoms with van der Waals surface area (Å²) < 4.78 is 0. The smallest absolute Gasteiger partial charge is 0.0577 e. The molecule has 1 nitrogen and oxygen atoms in total. The third-order valence-electron chi connectivity index (χ3n) is 10.3. The molecule has 4 aliphatic carbocycles.